The minimum atomic E-state index is -0.458. The van der Waals surface area contributed by atoms with E-state index in [1.54, 1.807) is 14.2 Å². The smallest absolute Gasteiger partial charge is 0.319 e. The van der Waals surface area contributed by atoms with Crippen molar-refractivity contribution in [3.63, 3.8) is 0 Å². The number of hydrogen-bond donors (Lipinski definition) is 1. The molecule has 2 N–H and O–H groups in total. The Hall–Kier alpha value is -1.75. The normalized spacial score (nSPS) is 31.0. The van der Waals surface area contributed by atoms with Gasteiger partial charge < -0.3 is 15.4 Å². The zero-order chi connectivity index (χ0) is 17.8. The number of carbonyl (C=O) groups is 1. The SMILES string of the molecule is COc1cc2c(cc1N(C)C(N)=O)C[C@H]1C3CCCC[C@]23CCN1C. The fourth-order valence-corrected chi connectivity index (χ4v) is 5.77. The van der Waals surface area contributed by atoms with Crippen LogP contribution in [0.15, 0.2) is 12.1 Å². The van der Waals surface area contributed by atoms with Crippen LogP contribution in [0.5, 0.6) is 5.75 Å². The van der Waals surface area contributed by atoms with Crippen molar-refractivity contribution in [2.24, 2.45) is 11.7 Å². The number of piperidine rings is 1. The number of likely N-dealkylation sites (tertiary alicyclic amines) is 1. The van der Waals surface area contributed by atoms with Gasteiger partial charge in [-0.05, 0) is 68.5 Å². The molecule has 1 saturated carbocycles. The van der Waals surface area contributed by atoms with Gasteiger partial charge in [-0.25, -0.2) is 4.79 Å². The molecule has 2 fully saturated rings. The van der Waals surface area contributed by atoms with Crippen LogP contribution in [0, 0.1) is 5.92 Å². The average molecular weight is 343 g/mol. The Morgan fingerprint density at radius 3 is 2.88 bits per heavy atom. The van der Waals surface area contributed by atoms with Gasteiger partial charge in [0.05, 0.1) is 12.8 Å². The lowest BCUT2D eigenvalue weighted by Gasteiger charge is -2.58. The lowest BCUT2D eigenvalue weighted by molar-refractivity contribution is 0.00276. The molecule has 136 valence electrons. The summed E-state index contributed by atoms with van der Waals surface area (Å²) in [6, 6.07) is 4.52. The summed E-state index contributed by atoms with van der Waals surface area (Å²) in [5, 5.41) is 0. The van der Waals surface area contributed by atoms with Gasteiger partial charge in [-0.3, -0.25) is 4.90 Å². The third kappa shape index (κ3) is 2.35. The number of anilines is 1. The lowest BCUT2D eigenvalue weighted by atomic mass is 9.52. The summed E-state index contributed by atoms with van der Waals surface area (Å²) in [4.78, 5) is 15.7. The molecule has 1 aromatic rings. The number of fused-ring (bicyclic) bond motifs is 1. The van der Waals surface area contributed by atoms with E-state index in [4.69, 9.17) is 10.5 Å². The number of urea groups is 1. The monoisotopic (exact) mass is 343 g/mol. The van der Waals surface area contributed by atoms with Gasteiger partial charge in [-0.15, -0.1) is 0 Å². The number of hydrogen-bond acceptors (Lipinski definition) is 3. The zero-order valence-electron chi connectivity index (χ0n) is 15.5. The zero-order valence-corrected chi connectivity index (χ0v) is 15.5. The van der Waals surface area contributed by atoms with E-state index >= 15 is 0 Å². The molecule has 0 spiro atoms. The second-order valence-electron chi connectivity index (χ2n) is 8.09. The van der Waals surface area contributed by atoms with E-state index in [-0.39, 0.29) is 0 Å². The van der Waals surface area contributed by atoms with Gasteiger partial charge in [0.1, 0.15) is 5.75 Å². The Kier molecular flexibility index (Phi) is 3.95. The van der Waals surface area contributed by atoms with Gasteiger partial charge in [-0.2, -0.15) is 0 Å². The van der Waals surface area contributed by atoms with Crippen molar-refractivity contribution in [3.8, 4) is 5.75 Å². The van der Waals surface area contributed by atoms with E-state index in [0.29, 0.717) is 11.5 Å². The first-order valence-electron chi connectivity index (χ1n) is 9.43. The number of primary amides is 1. The Bertz CT molecular complexity index is 704. The summed E-state index contributed by atoms with van der Waals surface area (Å²) in [6.45, 7) is 1.17. The molecule has 0 aromatic heterocycles. The summed E-state index contributed by atoms with van der Waals surface area (Å²) in [6.07, 6.45) is 7.57. The fourth-order valence-electron chi connectivity index (χ4n) is 5.77. The molecule has 5 heteroatoms. The number of likely N-dealkylation sites (N-methyl/N-ethyl adjacent to an activating group) is 1. The summed E-state index contributed by atoms with van der Waals surface area (Å²) in [5.41, 5.74) is 9.43. The maximum absolute atomic E-state index is 11.7. The third-order valence-electron chi connectivity index (χ3n) is 7.10. The van der Waals surface area contributed by atoms with E-state index in [1.807, 2.05) is 0 Å². The first-order valence-corrected chi connectivity index (χ1v) is 9.43. The molecule has 1 unspecified atom stereocenters. The first-order chi connectivity index (χ1) is 12.0. The average Bonchev–Trinajstić information content (AvgIpc) is 2.63. The van der Waals surface area contributed by atoms with Crippen LogP contribution in [0.25, 0.3) is 0 Å². The molecule has 1 saturated heterocycles. The quantitative estimate of drug-likeness (QED) is 0.898. The molecule has 2 bridgehead atoms. The maximum Gasteiger partial charge on any atom is 0.319 e. The molecular formula is C20H29N3O2. The van der Waals surface area contributed by atoms with E-state index < -0.39 is 6.03 Å². The van der Waals surface area contributed by atoms with Crippen molar-refractivity contribution >= 4 is 11.7 Å². The number of methoxy groups -OCH3 is 1. The van der Waals surface area contributed by atoms with Crippen molar-refractivity contribution in [2.75, 3.05) is 32.6 Å². The molecule has 4 rings (SSSR count). The Labute approximate surface area is 150 Å². The summed E-state index contributed by atoms with van der Waals surface area (Å²) < 4.78 is 5.66. The number of rotatable bonds is 2. The molecule has 1 aromatic carbocycles. The molecule has 1 heterocycles. The predicted molar refractivity (Wildman–Crippen MR) is 99.4 cm³/mol. The van der Waals surface area contributed by atoms with E-state index in [9.17, 15) is 4.79 Å². The molecule has 2 aliphatic carbocycles. The molecule has 3 atom stereocenters. The Balaban J connectivity index is 1.88. The predicted octanol–water partition coefficient (Wildman–Crippen LogP) is 2.90. The highest BCUT2D eigenvalue weighted by molar-refractivity contribution is 5.92. The van der Waals surface area contributed by atoms with Crippen molar-refractivity contribution < 1.29 is 9.53 Å². The van der Waals surface area contributed by atoms with Crippen LogP contribution in [-0.2, 0) is 11.8 Å². The topological polar surface area (TPSA) is 58.8 Å². The van der Waals surface area contributed by atoms with Crippen LogP contribution in [-0.4, -0.2) is 44.7 Å². The second-order valence-corrected chi connectivity index (χ2v) is 8.09. The van der Waals surface area contributed by atoms with Crippen LogP contribution in [0.3, 0.4) is 0 Å². The van der Waals surface area contributed by atoms with E-state index in [1.165, 1.54) is 54.7 Å². The van der Waals surface area contributed by atoms with Gasteiger partial charge in [0.25, 0.3) is 0 Å². The first kappa shape index (κ1) is 16.7. The van der Waals surface area contributed by atoms with Gasteiger partial charge in [0, 0.05) is 18.5 Å². The molecule has 1 aliphatic heterocycles. The highest BCUT2D eigenvalue weighted by atomic mass is 16.5. The van der Waals surface area contributed by atoms with Crippen molar-refractivity contribution in [1.29, 1.82) is 0 Å². The number of nitrogens with zero attached hydrogens (tertiary/aromatic N) is 2. The van der Waals surface area contributed by atoms with Crippen molar-refractivity contribution in [2.45, 2.75) is 50.0 Å². The third-order valence-corrected chi connectivity index (χ3v) is 7.10. The summed E-state index contributed by atoms with van der Waals surface area (Å²) >= 11 is 0. The van der Waals surface area contributed by atoms with E-state index in [2.05, 4.69) is 24.1 Å². The molecule has 25 heavy (non-hydrogen) atoms. The van der Waals surface area contributed by atoms with E-state index in [0.717, 1.165) is 23.8 Å². The maximum atomic E-state index is 11.7. The summed E-state index contributed by atoms with van der Waals surface area (Å²) in [5.74, 6) is 1.51. The van der Waals surface area contributed by atoms with Crippen LogP contribution in [0.4, 0.5) is 10.5 Å². The lowest BCUT2D eigenvalue weighted by Crippen LogP contribution is -2.59. The van der Waals surface area contributed by atoms with Crippen LogP contribution < -0.4 is 15.4 Å². The van der Waals surface area contributed by atoms with Crippen LogP contribution in [0.1, 0.15) is 43.2 Å². The summed E-state index contributed by atoms with van der Waals surface area (Å²) in [7, 11) is 5.66. The minimum absolute atomic E-state index is 0.292. The minimum Gasteiger partial charge on any atom is -0.495 e. The van der Waals surface area contributed by atoms with Crippen molar-refractivity contribution in [1.82, 2.24) is 4.90 Å². The van der Waals surface area contributed by atoms with Crippen LogP contribution >= 0.6 is 0 Å². The number of ether oxygens (including phenoxy) is 1. The van der Waals surface area contributed by atoms with Gasteiger partial charge in [0.15, 0.2) is 0 Å². The Morgan fingerprint density at radius 2 is 2.16 bits per heavy atom. The molecule has 2 amide bonds. The molecule has 5 nitrogen and oxygen atoms in total. The van der Waals surface area contributed by atoms with Gasteiger partial charge in [-0.1, -0.05) is 12.8 Å². The second kappa shape index (κ2) is 5.90. The standard InChI is InChI=1S/C20H29N3O2/c1-22-9-8-20-7-5-4-6-14(20)16(22)10-13-11-17(23(2)19(21)24)18(25-3)12-15(13)20/h11-12,14,16H,4-10H2,1-3H3,(H2,21,24)/t14?,16-,20+/m0/s1. The fraction of sp³-hybridized carbons (Fsp3) is 0.650. The molecule has 0 radical (unpaired) electrons. The van der Waals surface area contributed by atoms with Gasteiger partial charge >= 0.3 is 6.03 Å². The van der Waals surface area contributed by atoms with Gasteiger partial charge in [0.2, 0.25) is 0 Å². The largest absolute Gasteiger partial charge is 0.495 e. The molecule has 3 aliphatic rings. The van der Waals surface area contributed by atoms with Crippen LogP contribution in [0.2, 0.25) is 0 Å². The number of benzene rings is 1. The highest BCUT2D eigenvalue weighted by Crippen LogP contribution is 2.56. The molecular weight excluding hydrogens is 314 g/mol. The van der Waals surface area contributed by atoms with Crippen molar-refractivity contribution in [3.05, 3.63) is 23.3 Å². The number of amides is 2. The number of carbonyl (C=O) groups excluding carboxylic acids is 1. The highest BCUT2D eigenvalue weighted by Gasteiger charge is 2.53. The Morgan fingerprint density at radius 1 is 1.36 bits per heavy atom. The number of nitrogens with two attached hydrogens (primary N) is 1.